The number of imidazole rings is 1. The zero-order chi connectivity index (χ0) is 13.6. The Morgan fingerprint density at radius 2 is 2.00 bits per heavy atom. The minimum absolute atomic E-state index is 0.201. The molecule has 4 nitrogen and oxygen atoms in total. The van der Waals surface area contributed by atoms with E-state index in [2.05, 4.69) is 25.8 Å². The first-order valence-corrected chi connectivity index (χ1v) is 6.79. The van der Waals surface area contributed by atoms with Crippen LogP contribution in [-0.2, 0) is 4.74 Å². The molecule has 1 N–H and O–H groups in total. The van der Waals surface area contributed by atoms with Gasteiger partial charge in [0.1, 0.15) is 11.6 Å². The van der Waals surface area contributed by atoms with E-state index in [4.69, 9.17) is 14.5 Å². The first-order valence-electron chi connectivity index (χ1n) is 6.79. The molecule has 102 valence electrons. The molecule has 0 aliphatic carbocycles. The van der Waals surface area contributed by atoms with Crippen LogP contribution in [0.1, 0.15) is 32.5 Å². The topological polar surface area (TPSA) is 47.1 Å². The summed E-state index contributed by atoms with van der Waals surface area (Å²) >= 11 is 0. The van der Waals surface area contributed by atoms with Crippen LogP contribution in [0.2, 0.25) is 0 Å². The SMILES string of the molecule is COc1ccc2nc(C3C(C)OC(C)C3C)[nH]c2c1. The first kappa shape index (κ1) is 12.5. The lowest BCUT2D eigenvalue weighted by molar-refractivity contribution is 0.0554. The Balaban J connectivity index is 2.01. The lowest BCUT2D eigenvalue weighted by Crippen LogP contribution is -2.16. The highest BCUT2D eigenvalue weighted by molar-refractivity contribution is 5.77. The minimum atomic E-state index is 0.201. The van der Waals surface area contributed by atoms with Crippen LogP contribution in [-0.4, -0.2) is 29.3 Å². The summed E-state index contributed by atoms with van der Waals surface area (Å²) in [5.41, 5.74) is 2.00. The van der Waals surface area contributed by atoms with Gasteiger partial charge in [0.2, 0.25) is 0 Å². The van der Waals surface area contributed by atoms with E-state index in [0.29, 0.717) is 11.8 Å². The van der Waals surface area contributed by atoms with Gasteiger partial charge in [0.05, 0.1) is 30.4 Å². The number of ether oxygens (including phenoxy) is 2. The van der Waals surface area contributed by atoms with Crippen molar-refractivity contribution in [2.24, 2.45) is 5.92 Å². The second-order valence-corrected chi connectivity index (χ2v) is 5.44. The number of hydrogen-bond donors (Lipinski definition) is 1. The molecule has 0 saturated carbocycles. The van der Waals surface area contributed by atoms with Crippen LogP contribution < -0.4 is 4.74 Å². The van der Waals surface area contributed by atoms with Crippen molar-refractivity contribution in [3.8, 4) is 5.75 Å². The molecule has 1 aliphatic heterocycles. The number of benzene rings is 1. The molecule has 2 aromatic rings. The van der Waals surface area contributed by atoms with Crippen molar-refractivity contribution >= 4 is 11.0 Å². The second kappa shape index (κ2) is 4.53. The van der Waals surface area contributed by atoms with Gasteiger partial charge in [0.25, 0.3) is 0 Å². The van der Waals surface area contributed by atoms with Gasteiger partial charge in [-0.05, 0) is 31.9 Å². The Hall–Kier alpha value is -1.55. The van der Waals surface area contributed by atoms with Crippen molar-refractivity contribution < 1.29 is 9.47 Å². The third-order valence-electron chi connectivity index (χ3n) is 4.27. The average molecular weight is 260 g/mol. The molecule has 0 spiro atoms. The van der Waals surface area contributed by atoms with E-state index in [1.165, 1.54) is 0 Å². The van der Waals surface area contributed by atoms with Crippen LogP contribution in [0.25, 0.3) is 11.0 Å². The van der Waals surface area contributed by atoms with Gasteiger partial charge >= 0.3 is 0 Å². The Bertz CT molecular complexity index is 593. The fourth-order valence-corrected chi connectivity index (χ4v) is 3.03. The van der Waals surface area contributed by atoms with Crippen LogP contribution >= 0.6 is 0 Å². The van der Waals surface area contributed by atoms with Crippen molar-refractivity contribution in [1.82, 2.24) is 9.97 Å². The average Bonchev–Trinajstić information content (AvgIpc) is 2.90. The second-order valence-electron chi connectivity index (χ2n) is 5.44. The Labute approximate surface area is 113 Å². The van der Waals surface area contributed by atoms with Gasteiger partial charge in [-0.25, -0.2) is 4.98 Å². The van der Waals surface area contributed by atoms with Gasteiger partial charge in [0.15, 0.2) is 0 Å². The summed E-state index contributed by atoms with van der Waals surface area (Å²) < 4.78 is 11.1. The highest BCUT2D eigenvalue weighted by Gasteiger charge is 2.39. The van der Waals surface area contributed by atoms with Crippen molar-refractivity contribution in [3.05, 3.63) is 24.0 Å². The Morgan fingerprint density at radius 1 is 1.21 bits per heavy atom. The maximum absolute atomic E-state index is 5.90. The molecule has 0 bridgehead atoms. The lowest BCUT2D eigenvalue weighted by atomic mass is 9.89. The van der Waals surface area contributed by atoms with Crippen molar-refractivity contribution in [2.45, 2.75) is 38.9 Å². The maximum atomic E-state index is 5.90. The third kappa shape index (κ3) is 2.00. The number of nitrogens with one attached hydrogen (secondary N) is 1. The maximum Gasteiger partial charge on any atom is 0.121 e. The highest BCUT2D eigenvalue weighted by Crippen LogP contribution is 2.39. The van der Waals surface area contributed by atoms with Crippen LogP contribution in [0, 0.1) is 5.92 Å². The van der Waals surface area contributed by atoms with Crippen LogP contribution in [0.15, 0.2) is 18.2 Å². The van der Waals surface area contributed by atoms with Gasteiger partial charge in [-0.15, -0.1) is 0 Å². The number of rotatable bonds is 2. The largest absolute Gasteiger partial charge is 0.497 e. The van der Waals surface area contributed by atoms with Crippen molar-refractivity contribution in [1.29, 1.82) is 0 Å². The molecule has 1 saturated heterocycles. The molecule has 1 aliphatic rings. The van der Waals surface area contributed by atoms with Gasteiger partial charge in [-0.3, -0.25) is 0 Å². The van der Waals surface area contributed by atoms with Gasteiger partial charge in [0, 0.05) is 12.0 Å². The fraction of sp³-hybridized carbons (Fsp3) is 0.533. The monoisotopic (exact) mass is 260 g/mol. The van der Waals surface area contributed by atoms with E-state index in [9.17, 15) is 0 Å². The molecule has 2 heterocycles. The molecule has 1 aromatic heterocycles. The molecule has 3 rings (SSSR count). The fourth-order valence-electron chi connectivity index (χ4n) is 3.03. The number of methoxy groups -OCH3 is 1. The summed E-state index contributed by atoms with van der Waals surface area (Å²) in [5, 5.41) is 0. The normalized spacial score (nSPS) is 30.9. The van der Waals surface area contributed by atoms with E-state index in [0.717, 1.165) is 22.6 Å². The molecule has 1 aromatic carbocycles. The molecule has 4 unspecified atom stereocenters. The van der Waals surface area contributed by atoms with E-state index in [1.807, 2.05) is 18.2 Å². The van der Waals surface area contributed by atoms with E-state index in [1.54, 1.807) is 7.11 Å². The number of aromatic amines is 1. The number of H-pyrrole nitrogens is 1. The molecule has 19 heavy (non-hydrogen) atoms. The summed E-state index contributed by atoms with van der Waals surface area (Å²) in [7, 11) is 1.68. The Kier molecular flexibility index (Phi) is 2.97. The first-order chi connectivity index (χ1) is 9.10. The highest BCUT2D eigenvalue weighted by atomic mass is 16.5. The number of aromatic nitrogens is 2. The molecule has 0 amide bonds. The molecule has 0 radical (unpaired) electrons. The van der Waals surface area contributed by atoms with Crippen LogP contribution in [0.3, 0.4) is 0 Å². The lowest BCUT2D eigenvalue weighted by Gasteiger charge is -2.15. The number of hydrogen-bond acceptors (Lipinski definition) is 3. The molecule has 1 fully saturated rings. The number of fused-ring (bicyclic) bond motifs is 1. The zero-order valence-corrected chi connectivity index (χ0v) is 11.8. The Morgan fingerprint density at radius 3 is 2.63 bits per heavy atom. The quantitative estimate of drug-likeness (QED) is 0.902. The van der Waals surface area contributed by atoms with Crippen molar-refractivity contribution in [2.75, 3.05) is 7.11 Å². The van der Waals surface area contributed by atoms with Gasteiger partial charge in [-0.1, -0.05) is 6.92 Å². The predicted octanol–water partition coefficient (Wildman–Crippen LogP) is 3.10. The molecule has 4 atom stereocenters. The summed E-state index contributed by atoms with van der Waals surface area (Å²) in [6.45, 7) is 6.48. The minimum Gasteiger partial charge on any atom is -0.497 e. The smallest absolute Gasteiger partial charge is 0.121 e. The summed E-state index contributed by atoms with van der Waals surface area (Å²) in [6.07, 6.45) is 0.482. The number of nitrogens with zero attached hydrogens (tertiary/aromatic N) is 1. The third-order valence-corrected chi connectivity index (χ3v) is 4.27. The molecule has 4 heteroatoms. The van der Waals surface area contributed by atoms with Crippen LogP contribution in [0.5, 0.6) is 5.75 Å². The van der Waals surface area contributed by atoms with Gasteiger partial charge < -0.3 is 14.5 Å². The molecular formula is C15H20N2O2. The molecular weight excluding hydrogens is 240 g/mol. The van der Waals surface area contributed by atoms with Crippen LogP contribution in [0.4, 0.5) is 0 Å². The summed E-state index contributed by atoms with van der Waals surface area (Å²) in [4.78, 5) is 8.14. The van der Waals surface area contributed by atoms with E-state index >= 15 is 0 Å². The summed E-state index contributed by atoms with van der Waals surface area (Å²) in [6, 6.07) is 5.91. The van der Waals surface area contributed by atoms with Gasteiger partial charge in [-0.2, -0.15) is 0 Å². The predicted molar refractivity (Wildman–Crippen MR) is 74.6 cm³/mol. The van der Waals surface area contributed by atoms with E-state index in [-0.39, 0.29) is 12.2 Å². The zero-order valence-electron chi connectivity index (χ0n) is 11.8. The summed E-state index contributed by atoms with van der Waals surface area (Å²) in [5.74, 6) is 2.67. The van der Waals surface area contributed by atoms with Crippen molar-refractivity contribution in [3.63, 3.8) is 0 Å². The standard InChI is InChI=1S/C15H20N2O2/c1-8-9(2)19-10(3)14(8)15-16-12-6-5-11(18-4)7-13(12)17-15/h5-10,14H,1-4H3,(H,16,17). The van der Waals surface area contributed by atoms with E-state index < -0.39 is 0 Å².